The van der Waals surface area contributed by atoms with Crippen molar-refractivity contribution >= 4 is 17.8 Å². The predicted octanol–water partition coefficient (Wildman–Crippen LogP) is 0.895. The summed E-state index contributed by atoms with van der Waals surface area (Å²) in [4.78, 5) is 35.2. The van der Waals surface area contributed by atoms with E-state index in [1.54, 1.807) is 18.2 Å². The first-order valence-corrected chi connectivity index (χ1v) is 8.51. The van der Waals surface area contributed by atoms with Crippen LogP contribution in [0.1, 0.15) is 16.1 Å². The molecule has 0 saturated heterocycles. The lowest BCUT2D eigenvalue weighted by molar-refractivity contribution is -0.147. The lowest BCUT2D eigenvalue weighted by Crippen LogP contribution is -2.33. The van der Waals surface area contributed by atoms with Gasteiger partial charge in [-0.15, -0.1) is 0 Å². The second kappa shape index (κ2) is 10.6. The summed E-state index contributed by atoms with van der Waals surface area (Å²) >= 11 is 0. The fourth-order valence-electron chi connectivity index (χ4n) is 2.33. The number of esters is 1. The summed E-state index contributed by atoms with van der Waals surface area (Å²) in [5, 5.41) is 4.94. The summed E-state index contributed by atoms with van der Waals surface area (Å²) in [5.74, 6) is -0.405. The minimum Gasteiger partial charge on any atom is -0.493 e. The van der Waals surface area contributed by atoms with Crippen LogP contribution in [0.15, 0.2) is 34.9 Å². The van der Waals surface area contributed by atoms with E-state index in [4.69, 9.17) is 23.4 Å². The molecule has 2 aromatic rings. The molecular weight excluding hydrogens is 384 g/mol. The SMILES string of the molecule is COc1cc(CNC(=O)COC(=O)CNC(=O)c2ccco2)cc(OC)c1OC. The molecule has 0 bridgehead atoms. The molecule has 1 heterocycles. The Kier molecular flexibility index (Phi) is 7.89. The maximum Gasteiger partial charge on any atom is 0.325 e. The molecule has 0 aliphatic rings. The lowest BCUT2D eigenvalue weighted by Gasteiger charge is -2.14. The molecule has 1 aromatic carbocycles. The van der Waals surface area contributed by atoms with Gasteiger partial charge in [0.2, 0.25) is 5.75 Å². The number of ether oxygens (including phenoxy) is 4. The number of rotatable bonds is 10. The molecular formula is C19H22N2O8. The van der Waals surface area contributed by atoms with Crippen LogP contribution < -0.4 is 24.8 Å². The second-order valence-electron chi connectivity index (χ2n) is 5.63. The number of hydrogen-bond acceptors (Lipinski definition) is 8. The fourth-order valence-corrected chi connectivity index (χ4v) is 2.33. The van der Waals surface area contributed by atoms with Gasteiger partial charge in [-0.25, -0.2) is 0 Å². The van der Waals surface area contributed by atoms with Crippen molar-refractivity contribution in [2.75, 3.05) is 34.5 Å². The first-order chi connectivity index (χ1) is 14.0. The minimum absolute atomic E-state index is 0.0703. The van der Waals surface area contributed by atoms with Gasteiger partial charge in [0.1, 0.15) is 6.54 Å². The van der Waals surface area contributed by atoms with E-state index in [1.165, 1.54) is 33.7 Å². The van der Waals surface area contributed by atoms with Gasteiger partial charge >= 0.3 is 5.97 Å². The summed E-state index contributed by atoms with van der Waals surface area (Å²) < 4.78 is 25.5. The van der Waals surface area contributed by atoms with Gasteiger partial charge in [0.05, 0.1) is 27.6 Å². The molecule has 0 aliphatic carbocycles. The van der Waals surface area contributed by atoms with Crippen LogP contribution in [0.2, 0.25) is 0 Å². The number of hydrogen-bond donors (Lipinski definition) is 2. The molecule has 0 unspecified atom stereocenters. The molecule has 0 aliphatic heterocycles. The summed E-state index contributed by atoms with van der Waals surface area (Å²) in [6.07, 6.45) is 1.34. The topological polar surface area (TPSA) is 125 Å². The van der Waals surface area contributed by atoms with E-state index in [9.17, 15) is 14.4 Å². The van der Waals surface area contributed by atoms with E-state index in [0.717, 1.165) is 0 Å². The summed E-state index contributed by atoms with van der Waals surface area (Å²) in [7, 11) is 4.47. The van der Waals surface area contributed by atoms with Gasteiger partial charge in [0.25, 0.3) is 11.8 Å². The van der Waals surface area contributed by atoms with Crippen molar-refractivity contribution in [3.05, 3.63) is 41.9 Å². The number of methoxy groups -OCH3 is 3. The van der Waals surface area contributed by atoms with E-state index in [-0.39, 0.29) is 18.8 Å². The normalized spacial score (nSPS) is 10.0. The van der Waals surface area contributed by atoms with E-state index < -0.39 is 24.4 Å². The summed E-state index contributed by atoms with van der Waals surface area (Å²) in [6.45, 7) is -0.720. The molecule has 2 amide bonds. The lowest BCUT2D eigenvalue weighted by atomic mass is 10.1. The molecule has 156 valence electrons. The molecule has 10 nitrogen and oxygen atoms in total. The molecule has 0 atom stereocenters. The zero-order valence-electron chi connectivity index (χ0n) is 16.3. The highest BCUT2D eigenvalue weighted by atomic mass is 16.5. The Hall–Kier alpha value is -3.69. The molecule has 2 N–H and O–H groups in total. The molecule has 0 fully saturated rings. The Labute approximate surface area is 167 Å². The van der Waals surface area contributed by atoms with Gasteiger partial charge < -0.3 is 34.0 Å². The molecule has 0 radical (unpaired) electrons. The molecule has 1 aromatic heterocycles. The highest BCUT2D eigenvalue weighted by Gasteiger charge is 2.15. The Morgan fingerprint density at radius 2 is 1.69 bits per heavy atom. The average molecular weight is 406 g/mol. The Bertz CT molecular complexity index is 823. The predicted molar refractivity (Wildman–Crippen MR) is 99.9 cm³/mol. The number of carbonyl (C=O) groups is 3. The molecule has 29 heavy (non-hydrogen) atoms. The van der Waals surface area contributed by atoms with E-state index in [0.29, 0.717) is 22.8 Å². The maximum atomic E-state index is 11.9. The number of carbonyl (C=O) groups excluding carboxylic acids is 3. The van der Waals surface area contributed by atoms with Crippen molar-refractivity contribution in [1.29, 1.82) is 0 Å². The van der Waals surface area contributed by atoms with E-state index in [1.807, 2.05) is 0 Å². The second-order valence-corrected chi connectivity index (χ2v) is 5.63. The van der Waals surface area contributed by atoms with Crippen molar-refractivity contribution in [1.82, 2.24) is 10.6 Å². The Balaban J connectivity index is 1.78. The van der Waals surface area contributed by atoms with E-state index in [2.05, 4.69) is 10.6 Å². The zero-order chi connectivity index (χ0) is 21.2. The van der Waals surface area contributed by atoms with Crippen LogP contribution in [0.3, 0.4) is 0 Å². The highest BCUT2D eigenvalue weighted by molar-refractivity contribution is 5.93. The maximum absolute atomic E-state index is 11.9. The third kappa shape index (κ3) is 6.16. The van der Waals surface area contributed by atoms with Crippen LogP contribution in [0.5, 0.6) is 17.2 Å². The number of amides is 2. The van der Waals surface area contributed by atoms with Gasteiger partial charge in [-0.2, -0.15) is 0 Å². The van der Waals surface area contributed by atoms with Gasteiger partial charge in [0.15, 0.2) is 23.9 Å². The Morgan fingerprint density at radius 1 is 1.00 bits per heavy atom. The fraction of sp³-hybridized carbons (Fsp3) is 0.316. The van der Waals surface area contributed by atoms with Gasteiger partial charge in [0, 0.05) is 6.54 Å². The first-order valence-electron chi connectivity index (χ1n) is 8.51. The van der Waals surface area contributed by atoms with Crippen molar-refractivity contribution in [3.63, 3.8) is 0 Å². The standard InChI is InChI=1S/C19H22N2O8/c1-25-14-7-12(8-15(26-2)18(14)27-3)9-20-16(22)11-29-17(23)10-21-19(24)13-5-4-6-28-13/h4-8H,9-11H2,1-3H3,(H,20,22)(H,21,24). The molecule has 0 spiro atoms. The number of furan rings is 1. The minimum atomic E-state index is -0.757. The first kappa shape index (κ1) is 21.6. The van der Waals surface area contributed by atoms with Gasteiger partial charge in [-0.1, -0.05) is 0 Å². The monoisotopic (exact) mass is 406 g/mol. The van der Waals surface area contributed by atoms with Crippen LogP contribution in [0.4, 0.5) is 0 Å². The van der Waals surface area contributed by atoms with Crippen LogP contribution in [0.25, 0.3) is 0 Å². The third-order valence-corrected chi connectivity index (χ3v) is 3.72. The molecule has 0 saturated carbocycles. The average Bonchev–Trinajstić information content (AvgIpc) is 3.28. The van der Waals surface area contributed by atoms with Crippen molar-refractivity contribution in [3.8, 4) is 17.2 Å². The van der Waals surface area contributed by atoms with Crippen LogP contribution in [-0.4, -0.2) is 52.3 Å². The van der Waals surface area contributed by atoms with Crippen molar-refractivity contribution < 1.29 is 37.7 Å². The highest BCUT2D eigenvalue weighted by Crippen LogP contribution is 2.38. The van der Waals surface area contributed by atoms with Crippen molar-refractivity contribution in [2.45, 2.75) is 6.54 Å². The largest absolute Gasteiger partial charge is 0.493 e. The van der Waals surface area contributed by atoms with E-state index >= 15 is 0 Å². The van der Waals surface area contributed by atoms with Gasteiger partial charge in [-0.05, 0) is 29.8 Å². The smallest absolute Gasteiger partial charge is 0.325 e. The van der Waals surface area contributed by atoms with Crippen LogP contribution in [-0.2, 0) is 20.9 Å². The summed E-state index contributed by atoms with van der Waals surface area (Å²) in [5.41, 5.74) is 0.699. The van der Waals surface area contributed by atoms with Crippen molar-refractivity contribution in [2.24, 2.45) is 0 Å². The summed E-state index contributed by atoms with van der Waals surface area (Å²) in [6, 6.07) is 6.39. The van der Waals surface area contributed by atoms with Crippen LogP contribution >= 0.6 is 0 Å². The van der Waals surface area contributed by atoms with Crippen LogP contribution in [0, 0.1) is 0 Å². The number of nitrogens with one attached hydrogen (secondary N) is 2. The molecule has 2 rings (SSSR count). The van der Waals surface area contributed by atoms with Gasteiger partial charge in [-0.3, -0.25) is 14.4 Å². The molecule has 10 heteroatoms. The third-order valence-electron chi connectivity index (χ3n) is 3.72. The number of benzene rings is 1. The Morgan fingerprint density at radius 3 is 2.24 bits per heavy atom. The quantitative estimate of drug-likeness (QED) is 0.558. The zero-order valence-corrected chi connectivity index (χ0v) is 16.3.